The maximum atomic E-state index is 5.70. The minimum absolute atomic E-state index is 0.627. The van der Waals surface area contributed by atoms with Crippen LogP contribution in [-0.2, 0) is 0 Å². The molecule has 2 aliphatic heterocycles. The van der Waals surface area contributed by atoms with Crippen LogP contribution in [0.1, 0.15) is 0 Å². The van der Waals surface area contributed by atoms with Crippen molar-refractivity contribution in [2.75, 3.05) is 9.80 Å². The maximum absolute atomic E-state index is 5.70. The lowest BCUT2D eigenvalue weighted by Crippen LogP contribution is -2.16. The van der Waals surface area contributed by atoms with E-state index in [1.165, 1.54) is 32.3 Å². The van der Waals surface area contributed by atoms with Gasteiger partial charge >= 0.3 is 0 Å². The summed E-state index contributed by atoms with van der Waals surface area (Å²) in [5.74, 6) is 1.26. The third-order valence-corrected chi connectivity index (χ3v) is 22.8. The van der Waals surface area contributed by atoms with Gasteiger partial charge in [-0.3, -0.25) is 9.13 Å². The molecule has 0 spiro atoms. The van der Waals surface area contributed by atoms with Crippen LogP contribution < -0.4 is 9.80 Å². The zero-order chi connectivity index (χ0) is 70.4. The Morgan fingerprint density at radius 2 is 0.574 bits per heavy atom. The number of aromatic nitrogens is 8. The van der Waals surface area contributed by atoms with Crippen molar-refractivity contribution in [1.82, 2.24) is 38.2 Å². The van der Waals surface area contributed by atoms with Crippen LogP contribution in [0.3, 0.4) is 0 Å². The van der Waals surface area contributed by atoms with Crippen molar-refractivity contribution in [1.29, 1.82) is 0 Å². The van der Waals surface area contributed by atoms with Crippen molar-refractivity contribution in [3.63, 3.8) is 0 Å². The van der Waals surface area contributed by atoms with Crippen LogP contribution in [0, 0.1) is 0 Å². The molecule has 10 nitrogen and oxygen atoms in total. The van der Waals surface area contributed by atoms with Gasteiger partial charge in [0.05, 0.1) is 106 Å². The van der Waals surface area contributed by atoms with Crippen LogP contribution in [0.2, 0.25) is 0 Å². The monoisotopic (exact) mass is 1370 g/mol. The molecule has 0 atom stereocenters. The molecule has 0 radical (unpaired) electrons. The van der Waals surface area contributed by atoms with Gasteiger partial charge in [0.15, 0.2) is 0 Å². The second-order valence-corrected chi connectivity index (χ2v) is 28.4. The highest BCUT2D eigenvalue weighted by Crippen LogP contribution is 2.54. The molecule has 0 saturated carbocycles. The van der Waals surface area contributed by atoms with Gasteiger partial charge in [0.2, 0.25) is 11.9 Å². The summed E-state index contributed by atoms with van der Waals surface area (Å²) in [5, 5.41) is 13.8. The lowest BCUT2D eigenvalue weighted by molar-refractivity contribution is 1.01. The Labute approximate surface area is 618 Å². The fourth-order valence-electron chi connectivity index (χ4n) is 18.3. The van der Waals surface area contributed by atoms with Gasteiger partial charge in [0.25, 0.3) is 0 Å². The minimum atomic E-state index is 0.627. The molecule has 0 saturated heterocycles. The van der Waals surface area contributed by atoms with Crippen molar-refractivity contribution in [2.45, 2.75) is 0 Å². The minimum Gasteiger partial charge on any atom is -0.309 e. The number of anilines is 6. The molecule has 2 aliphatic rings. The molecule has 6 aromatic heterocycles. The van der Waals surface area contributed by atoms with Crippen LogP contribution >= 0.6 is 0 Å². The van der Waals surface area contributed by atoms with E-state index in [0.717, 1.165) is 178 Å². The summed E-state index contributed by atoms with van der Waals surface area (Å²) >= 11 is 0. The summed E-state index contributed by atoms with van der Waals surface area (Å²) in [4.78, 5) is 27.1. The molecular formula is C98H58N10. The number of hydrogen-bond acceptors (Lipinski definition) is 6. The third-order valence-electron chi connectivity index (χ3n) is 22.8. The molecule has 10 heteroatoms. The van der Waals surface area contributed by atoms with E-state index < -0.39 is 0 Å². The Morgan fingerprint density at radius 1 is 0.194 bits per heavy atom. The molecule has 108 heavy (non-hydrogen) atoms. The van der Waals surface area contributed by atoms with Crippen LogP contribution in [0.5, 0.6) is 0 Å². The first-order valence-corrected chi connectivity index (χ1v) is 36.8. The SMILES string of the molecule is c1ccc(N2c3ccccc3-c3nc(-n4c5ccccc5c5c4ccc4c6ccccc6n(-c6ccc(-c7ccccc7-c7ccc(N8c9ccccc9-c9nc(-n%10c%11ccccc%11c%11c%10ccc%10c%12ccccc%12n(-c%12cccc%13ccccc%12%13)c%10%11)nc%10cccc8c9%10)cc7)cc6)c45)nc4cccc2c34)cc1. The highest BCUT2D eigenvalue weighted by atomic mass is 15.2. The molecule has 8 heterocycles. The van der Waals surface area contributed by atoms with Crippen molar-refractivity contribution in [3.8, 4) is 68.0 Å². The lowest BCUT2D eigenvalue weighted by atomic mass is 9.93. The second kappa shape index (κ2) is 22.4. The van der Waals surface area contributed by atoms with Gasteiger partial charge in [0.1, 0.15) is 0 Å². The van der Waals surface area contributed by atoms with Crippen LogP contribution in [0.15, 0.2) is 352 Å². The zero-order valence-electron chi connectivity index (χ0n) is 58.0. The van der Waals surface area contributed by atoms with Gasteiger partial charge in [-0.25, -0.2) is 19.9 Å². The number of benzene rings is 16. The summed E-state index contributed by atoms with van der Waals surface area (Å²) in [6.07, 6.45) is 0. The topological polar surface area (TPSA) is 77.8 Å². The lowest BCUT2D eigenvalue weighted by Gasteiger charge is -2.33. The van der Waals surface area contributed by atoms with Gasteiger partial charge in [-0.1, -0.05) is 237 Å². The van der Waals surface area contributed by atoms with Gasteiger partial charge in [-0.05, 0) is 143 Å². The summed E-state index contributed by atoms with van der Waals surface area (Å²) in [6.45, 7) is 0. The Hall–Kier alpha value is -14.7. The normalized spacial score (nSPS) is 12.6. The largest absolute Gasteiger partial charge is 0.309 e. The van der Waals surface area contributed by atoms with Gasteiger partial charge < -0.3 is 18.9 Å². The average molecular weight is 1380 g/mol. The van der Waals surface area contributed by atoms with Crippen molar-refractivity contribution < 1.29 is 0 Å². The fourth-order valence-corrected chi connectivity index (χ4v) is 18.3. The molecule has 0 bridgehead atoms. The zero-order valence-corrected chi connectivity index (χ0v) is 58.0. The molecule has 0 aliphatic carbocycles. The number of fused-ring (bicyclic) bond motifs is 19. The Balaban J connectivity index is 0.599. The summed E-state index contributed by atoms with van der Waals surface area (Å²) in [6, 6.07) is 127. The fraction of sp³-hybridized carbons (Fsp3) is 0. The van der Waals surface area contributed by atoms with Gasteiger partial charge in [-0.2, -0.15) is 0 Å². The number of para-hydroxylation sites is 7. The van der Waals surface area contributed by atoms with Gasteiger partial charge in [0, 0.05) is 76.7 Å². The molecule has 0 fully saturated rings. The Morgan fingerprint density at radius 3 is 1.11 bits per heavy atom. The first kappa shape index (κ1) is 58.7. The molecule has 22 aromatic rings. The molecular weight excluding hydrogens is 1320 g/mol. The van der Waals surface area contributed by atoms with E-state index in [9.17, 15) is 0 Å². The molecule has 24 rings (SSSR count). The predicted molar refractivity (Wildman–Crippen MR) is 446 cm³/mol. The highest BCUT2D eigenvalue weighted by molar-refractivity contribution is 6.28. The second-order valence-electron chi connectivity index (χ2n) is 28.4. The summed E-state index contributed by atoms with van der Waals surface area (Å²) < 4.78 is 9.50. The van der Waals surface area contributed by atoms with Crippen molar-refractivity contribution >= 4 is 154 Å². The Bertz CT molecular complexity index is 7620. The molecule has 16 aromatic carbocycles. The first-order valence-electron chi connectivity index (χ1n) is 36.8. The third kappa shape index (κ3) is 8.19. The summed E-state index contributed by atoms with van der Waals surface area (Å²) in [7, 11) is 0. The van der Waals surface area contributed by atoms with E-state index in [2.05, 4.69) is 380 Å². The van der Waals surface area contributed by atoms with E-state index in [4.69, 9.17) is 19.9 Å². The molecule has 500 valence electrons. The quantitative estimate of drug-likeness (QED) is 0.151. The van der Waals surface area contributed by atoms with Crippen LogP contribution in [0.25, 0.3) is 188 Å². The number of rotatable bonds is 8. The van der Waals surface area contributed by atoms with Crippen LogP contribution in [0.4, 0.5) is 34.1 Å². The van der Waals surface area contributed by atoms with E-state index >= 15 is 0 Å². The smallest absolute Gasteiger partial charge is 0.235 e. The van der Waals surface area contributed by atoms with Crippen molar-refractivity contribution in [2.24, 2.45) is 0 Å². The van der Waals surface area contributed by atoms with E-state index in [-0.39, 0.29) is 0 Å². The summed E-state index contributed by atoms with van der Waals surface area (Å²) in [5.41, 5.74) is 27.6. The van der Waals surface area contributed by atoms with Crippen molar-refractivity contribution in [3.05, 3.63) is 352 Å². The maximum Gasteiger partial charge on any atom is 0.235 e. The molecule has 0 unspecified atom stereocenters. The van der Waals surface area contributed by atoms with E-state index in [1.54, 1.807) is 0 Å². The van der Waals surface area contributed by atoms with E-state index in [1.807, 2.05) is 0 Å². The average Bonchev–Trinajstić information content (AvgIpc) is 1.56. The Kier molecular flexibility index (Phi) is 12.2. The first-order chi connectivity index (χ1) is 53.6. The van der Waals surface area contributed by atoms with Crippen LogP contribution in [-0.4, -0.2) is 38.2 Å². The number of nitrogens with zero attached hydrogens (tertiary/aromatic N) is 10. The molecule has 0 amide bonds. The molecule has 0 N–H and O–H groups in total. The van der Waals surface area contributed by atoms with E-state index in [0.29, 0.717) is 11.9 Å². The predicted octanol–water partition coefficient (Wildman–Crippen LogP) is 25.3. The standard InChI is InChI=1S/C98H58N10/c1-2-25-62(26-3-1)103-83-42-18-12-34-74(83)93-91-76(36-21-45-85(91)103)99-97(101-93)107-81-40-16-10-32-72(81)89-87(107)57-55-70-68-30-8-14-38-79(68)105(95(70)89)64-53-49-61(50-54-64)66-28-7-6-27-65(66)60-47-51-63(52-48-60)104-84-43-19-13-35-75(84)94-92-77(37-22-46-86(92)104)100-98(102-94)108-82-41-17-11-33-73(82)90-88(108)58-56-71-69-31-9-15-39-80(69)106(96(71)90)78-44-20-24-59-23-4-5-29-67(59)78/h1-58H. The highest BCUT2D eigenvalue weighted by Gasteiger charge is 2.33. The number of hydrogen-bond donors (Lipinski definition) is 0. The van der Waals surface area contributed by atoms with Gasteiger partial charge in [-0.15, -0.1) is 0 Å².